The van der Waals surface area contributed by atoms with Crippen LogP contribution in [0.4, 0.5) is 5.69 Å². The molecule has 0 unspecified atom stereocenters. The van der Waals surface area contributed by atoms with Gasteiger partial charge in [0.1, 0.15) is 6.04 Å². The minimum Gasteiger partial charge on any atom is -0.361 e. The predicted octanol–water partition coefficient (Wildman–Crippen LogP) is 3.90. The van der Waals surface area contributed by atoms with Crippen molar-refractivity contribution < 1.29 is 14.4 Å². The van der Waals surface area contributed by atoms with Crippen LogP contribution in [0.1, 0.15) is 57.1 Å². The monoisotopic (exact) mass is 555 g/mol. The zero-order chi connectivity index (χ0) is 28.7. The number of rotatable bonds is 7. The number of fused-ring (bicyclic) bond motifs is 2. The van der Waals surface area contributed by atoms with Gasteiger partial charge < -0.3 is 25.4 Å². The first-order valence-corrected chi connectivity index (χ1v) is 15.0. The number of likely N-dealkylation sites (tertiary alicyclic amines) is 1. The van der Waals surface area contributed by atoms with E-state index < -0.39 is 11.5 Å². The van der Waals surface area contributed by atoms with E-state index in [1.807, 2.05) is 79.4 Å². The van der Waals surface area contributed by atoms with Gasteiger partial charge in [-0.1, -0.05) is 36.4 Å². The number of hydrogen-bond acceptors (Lipinski definition) is 4. The van der Waals surface area contributed by atoms with Crippen LogP contribution in [0.3, 0.4) is 0 Å². The fraction of sp³-hybridized carbons (Fsp3) is 0.485. The smallest absolute Gasteiger partial charge is 0.245 e. The first-order valence-electron chi connectivity index (χ1n) is 15.0. The number of nitrogens with one attached hydrogen (secondary N) is 3. The summed E-state index contributed by atoms with van der Waals surface area (Å²) in [5.74, 6) is -0.0264. The average Bonchev–Trinajstić information content (AvgIpc) is 3.69. The lowest BCUT2D eigenvalue weighted by atomic mass is 9.86. The van der Waals surface area contributed by atoms with Gasteiger partial charge in [0.15, 0.2) is 0 Å². The second kappa shape index (κ2) is 11.0. The fourth-order valence-electron chi connectivity index (χ4n) is 7.16. The van der Waals surface area contributed by atoms with Crippen molar-refractivity contribution in [1.29, 1.82) is 0 Å². The summed E-state index contributed by atoms with van der Waals surface area (Å²) in [6, 6.07) is 15.9. The number of nitrogens with zero attached hydrogens (tertiary/aromatic N) is 2. The van der Waals surface area contributed by atoms with Crippen LogP contribution in [0.15, 0.2) is 54.7 Å². The Kier molecular flexibility index (Phi) is 7.36. The summed E-state index contributed by atoms with van der Waals surface area (Å²) in [6.07, 6.45) is 6.40. The Balaban J connectivity index is 1.18. The minimum absolute atomic E-state index is 0.0303. The van der Waals surface area contributed by atoms with Gasteiger partial charge in [0.25, 0.3) is 0 Å². The molecule has 0 bridgehead atoms. The maximum Gasteiger partial charge on any atom is 0.245 e. The molecule has 2 aromatic carbocycles. The summed E-state index contributed by atoms with van der Waals surface area (Å²) in [6.45, 7) is 5.10. The van der Waals surface area contributed by atoms with Crippen molar-refractivity contribution in [2.24, 2.45) is 5.92 Å². The highest BCUT2D eigenvalue weighted by molar-refractivity contribution is 6.08. The maximum atomic E-state index is 14.0. The Morgan fingerprint density at radius 1 is 1.02 bits per heavy atom. The molecule has 3 heterocycles. The molecule has 2 fully saturated rings. The van der Waals surface area contributed by atoms with Crippen molar-refractivity contribution in [2.75, 3.05) is 25.0 Å². The molecule has 3 aliphatic rings. The molecule has 216 valence electrons. The number of para-hydroxylation sites is 2. The molecule has 8 nitrogen and oxygen atoms in total. The van der Waals surface area contributed by atoms with Crippen LogP contribution in [0.25, 0.3) is 10.9 Å². The molecule has 1 saturated carbocycles. The van der Waals surface area contributed by atoms with E-state index >= 15 is 0 Å². The molecular formula is C33H41N5O3. The van der Waals surface area contributed by atoms with Crippen LogP contribution in [0.2, 0.25) is 0 Å². The van der Waals surface area contributed by atoms with Gasteiger partial charge in [-0.15, -0.1) is 0 Å². The van der Waals surface area contributed by atoms with E-state index in [4.69, 9.17) is 0 Å². The molecule has 2 aliphatic heterocycles. The molecule has 3 aromatic rings. The number of carbonyl (C=O) groups excluding carboxylic acids is 3. The number of H-pyrrole nitrogens is 1. The van der Waals surface area contributed by atoms with Crippen molar-refractivity contribution in [1.82, 2.24) is 20.5 Å². The Morgan fingerprint density at radius 3 is 2.51 bits per heavy atom. The molecular weight excluding hydrogens is 514 g/mol. The second-order valence-electron chi connectivity index (χ2n) is 12.5. The molecule has 0 spiro atoms. The van der Waals surface area contributed by atoms with E-state index in [0.29, 0.717) is 38.4 Å². The van der Waals surface area contributed by atoms with Gasteiger partial charge in [-0.2, -0.15) is 0 Å². The number of piperidine rings is 1. The van der Waals surface area contributed by atoms with E-state index in [0.717, 1.165) is 47.0 Å². The minimum atomic E-state index is -0.639. The Hall–Kier alpha value is -3.65. The van der Waals surface area contributed by atoms with Crippen molar-refractivity contribution in [2.45, 2.75) is 75.9 Å². The number of anilines is 1. The van der Waals surface area contributed by atoms with E-state index in [9.17, 15) is 14.4 Å². The third-order valence-corrected chi connectivity index (χ3v) is 9.66. The largest absolute Gasteiger partial charge is 0.361 e. The van der Waals surface area contributed by atoms with Crippen LogP contribution < -0.4 is 15.5 Å². The molecule has 0 radical (unpaired) electrons. The molecule has 8 heteroatoms. The highest BCUT2D eigenvalue weighted by atomic mass is 16.2. The molecule has 1 aliphatic carbocycles. The van der Waals surface area contributed by atoms with Crippen molar-refractivity contribution in [3.05, 3.63) is 65.9 Å². The summed E-state index contributed by atoms with van der Waals surface area (Å²) >= 11 is 0. The fourth-order valence-corrected chi connectivity index (χ4v) is 7.16. The molecule has 1 aromatic heterocycles. The normalized spacial score (nSPS) is 23.1. The van der Waals surface area contributed by atoms with Crippen LogP contribution in [0.5, 0.6) is 0 Å². The lowest BCUT2D eigenvalue weighted by molar-refractivity contribution is -0.138. The Morgan fingerprint density at radius 2 is 1.76 bits per heavy atom. The van der Waals surface area contributed by atoms with Crippen molar-refractivity contribution in [3.8, 4) is 0 Å². The predicted molar refractivity (Wildman–Crippen MR) is 161 cm³/mol. The third-order valence-electron chi connectivity index (χ3n) is 9.66. The van der Waals surface area contributed by atoms with Gasteiger partial charge in [-0.25, -0.2) is 0 Å². The van der Waals surface area contributed by atoms with Crippen LogP contribution in [-0.2, 0) is 26.2 Å². The number of benzene rings is 2. The molecule has 3 N–H and O–H groups in total. The van der Waals surface area contributed by atoms with E-state index in [1.54, 1.807) is 0 Å². The van der Waals surface area contributed by atoms with E-state index in [-0.39, 0.29) is 29.7 Å². The van der Waals surface area contributed by atoms with Crippen LogP contribution in [0, 0.1) is 5.92 Å². The van der Waals surface area contributed by atoms with Crippen molar-refractivity contribution >= 4 is 34.3 Å². The summed E-state index contributed by atoms with van der Waals surface area (Å²) in [5, 5.41) is 7.52. The third kappa shape index (κ3) is 5.03. The average molecular weight is 556 g/mol. The van der Waals surface area contributed by atoms with E-state index in [2.05, 4.69) is 21.7 Å². The van der Waals surface area contributed by atoms with Crippen LogP contribution >= 0.6 is 0 Å². The maximum absolute atomic E-state index is 14.0. The highest BCUT2D eigenvalue weighted by Crippen LogP contribution is 2.43. The zero-order valence-electron chi connectivity index (χ0n) is 24.3. The first-order chi connectivity index (χ1) is 19.8. The molecule has 6 rings (SSSR count). The molecule has 1 saturated heterocycles. The lowest BCUT2D eigenvalue weighted by Crippen LogP contribution is -2.55. The summed E-state index contributed by atoms with van der Waals surface area (Å²) in [5.41, 5.74) is 3.55. The topological polar surface area (TPSA) is 97.5 Å². The summed E-state index contributed by atoms with van der Waals surface area (Å²) in [4.78, 5) is 48.0. The van der Waals surface area contributed by atoms with Crippen LogP contribution in [-0.4, -0.2) is 65.9 Å². The SMILES string of the molecule is CN[C@@H]1CC[C@H](C(=O)N[C@@H](Cc2c[nH]c3ccccc23)C(=O)N2CCC(N3C(=O)C(C)(C)c4ccccc43)CC2)C1. The van der Waals surface area contributed by atoms with Gasteiger partial charge in [0.05, 0.1) is 5.41 Å². The standard InChI is InChI=1S/C33H41N5O3/c1-33(2)26-9-5-7-11-29(26)38(32(33)41)24-14-16-37(17-15-24)31(40)28(36-30(39)21-12-13-23(18-21)34-3)19-22-20-35-27-10-6-4-8-25(22)27/h4-11,20-21,23-24,28,34-35H,12-19H2,1-3H3,(H,36,39)/t21-,23+,28-/m0/s1. The molecule has 41 heavy (non-hydrogen) atoms. The van der Waals surface area contributed by atoms with Gasteiger partial charge in [0, 0.05) is 60.3 Å². The first kappa shape index (κ1) is 27.5. The van der Waals surface area contributed by atoms with E-state index in [1.165, 1.54) is 0 Å². The van der Waals surface area contributed by atoms with Gasteiger partial charge in [-0.05, 0) is 76.3 Å². The molecule has 3 atom stereocenters. The second-order valence-corrected chi connectivity index (χ2v) is 12.5. The summed E-state index contributed by atoms with van der Waals surface area (Å²) < 4.78 is 0. The van der Waals surface area contributed by atoms with Gasteiger partial charge >= 0.3 is 0 Å². The Labute approximate surface area is 241 Å². The number of aromatic nitrogens is 1. The zero-order valence-corrected chi connectivity index (χ0v) is 24.3. The number of amides is 3. The highest BCUT2D eigenvalue weighted by Gasteiger charge is 2.47. The van der Waals surface area contributed by atoms with Gasteiger partial charge in [0.2, 0.25) is 17.7 Å². The van der Waals surface area contributed by atoms with Gasteiger partial charge in [-0.3, -0.25) is 14.4 Å². The molecule has 3 amide bonds. The number of carbonyl (C=O) groups is 3. The number of hydrogen-bond donors (Lipinski definition) is 3. The van der Waals surface area contributed by atoms with Crippen molar-refractivity contribution in [3.63, 3.8) is 0 Å². The quantitative estimate of drug-likeness (QED) is 0.412. The lowest BCUT2D eigenvalue weighted by Gasteiger charge is -2.38. The number of aromatic amines is 1. The Bertz CT molecular complexity index is 1450. The summed E-state index contributed by atoms with van der Waals surface area (Å²) in [7, 11) is 1.94.